The molecular formula is C23H26N2O3S. The SMILES string of the molecule is COc1ccc2sc(N(CC3CCCO3)C(=O)Cc3cc(C)ccc3C)nc2c1. The number of anilines is 1. The average molecular weight is 411 g/mol. The number of amides is 1. The summed E-state index contributed by atoms with van der Waals surface area (Å²) in [5, 5.41) is 0.721. The van der Waals surface area contributed by atoms with E-state index in [1.807, 2.05) is 23.1 Å². The highest BCUT2D eigenvalue weighted by molar-refractivity contribution is 7.22. The van der Waals surface area contributed by atoms with E-state index in [4.69, 9.17) is 14.5 Å². The van der Waals surface area contributed by atoms with Crippen LogP contribution in [0, 0.1) is 13.8 Å². The molecule has 1 amide bonds. The number of aromatic nitrogens is 1. The first-order valence-electron chi connectivity index (χ1n) is 9.96. The van der Waals surface area contributed by atoms with Gasteiger partial charge in [0.15, 0.2) is 5.13 Å². The predicted molar refractivity (Wildman–Crippen MR) is 117 cm³/mol. The number of ether oxygens (including phenoxy) is 2. The molecule has 0 aliphatic carbocycles. The molecule has 1 aromatic heterocycles. The summed E-state index contributed by atoms with van der Waals surface area (Å²) in [6.07, 6.45) is 2.45. The molecule has 2 heterocycles. The molecule has 4 rings (SSSR count). The smallest absolute Gasteiger partial charge is 0.233 e. The molecule has 6 heteroatoms. The molecule has 2 aromatic carbocycles. The van der Waals surface area contributed by atoms with Crippen LogP contribution in [0.2, 0.25) is 0 Å². The number of carbonyl (C=O) groups excluding carboxylic acids is 1. The first kappa shape index (κ1) is 19.9. The van der Waals surface area contributed by atoms with Gasteiger partial charge in [0.25, 0.3) is 0 Å². The van der Waals surface area contributed by atoms with Crippen molar-refractivity contribution in [3.63, 3.8) is 0 Å². The van der Waals surface area contributed by atoms with Crippen molar-refractivity contribution in [2.75, 3.05) is 25.2 Å². The van der Waals surface area contributed by atoms with Crippen LogP contribution in [0.15, 0.2) is 36.4 Å². The number of hydrogen-bond donors (Lipinski definition) is 0. The summed E-state index contributed by atoms with van der Waals surface area (Å²) in [5.41, 5.74) is 4.21. The Morgan fingerprint density at radius 2 is 2.14 bits per heavy atom. The zero-order valence-electron chi connectivity index (χ0n) is 17.1. The Morgan fingerprint density at radius 3 is 2.90 bits per heavy atom. The summed E-state index contributed by atoms with van der Waals surface area (Å²) in [7, 11) is 1.64. The van der Waals surface area contributed by atoms with Crippen molar-refractivity contribution in [2.24, 2.45) is 0 Å². The van der Waals surface area contributed by atoms with E-state index in [0.717, 1.165) is 57.2 Å². The fourth-order valence-electron chi connectivity index (χ4n) is 3.67. The van der Waals surface area contributed by atoms with Crippen molar-refractivity contribution in [3.05, 3.63) is 53.1 Å². The van der Waals surface area contributed by atoms with E-state index in [9.17, 15) is 4.79 Å². The quantitative estimate of drug-likeness (QED) is 0.592. The van der Waals surface area contributed by atoms with E-state index in [-0.39, 0.29) is 12.0 Å². The Morgan fingerprint density at radius 1 is 1.28 bits per heavy atom. The van der Waals surface area contributed by atoms with Gasteiger partial charge in [0, 0.05) is 12.7 Å². The lowest BCUT2D eigenvalue weighted by Crippen LogP contribution is -2.38. The van der Waals surface area contributed by atoms with Crippen molar-refractivity contribution >= 4 is 32.6 Å². The molecule has 1 unspecified atom stereocenters. The lowest BCUT2D eigenvalue weighted by atomic mass is 10.0. The second-order valence-electron chi connectivity index (χ2n) is 7.58. The van der Waals surface area contributed by atoms with Crippen molar-refractivity contribution in [3.8, 4) is 5.75 Å². The van der Waals surface area contributed by atoms with Gasteiger partial charge in [-0.2, -0.15) is 0 Å². The van der Waals surface area contributed by atoms with Gasteiger partial charge in [-0.15, -0.1) is 0 Å². The molecule has 0 saturated carbocycles. The number of aryl methyl sites for hydroxylation is 2. The monoisotopic (exact) mass is 410 g/mol. The van der Waals surface area contributed by atoms with Gasteiger partial charge in [-0.05, 0) is 49.9 Å². The van der Waals surface area contributed by atoms with Crippen molar-refractivity contribution < 1.29 is 14.3 Å². The number of rotatable bonds is 6. The van der Waals surface area contributed by atoms with E-state index in [1.165, 1.54) is 11.3 Å². The minimum absolute atomic E-state index is 0.0558. The van der Waals surface area contributed by atoms with Gasteiger partial charge in [0.1, 0.15) is 5.75 Å². The third kappa shape index (κ3) is 4.43. The molecule has 3 aromatic rings. The molecule has 0 N–H and O–H groups in total. The molecule has 1 saturated heterocycles. The molecule has 0 bridgehead atoms. The number of fused-ring (bicyclic) bond motifs is 1. The molecule has 5 nitrogen and oxygen atoms in total. The summed E-state index contributed by atoms with van der Waals surface area (Å²) in [4.78, 5) is 19.9. The van der Waals surface area contributed by atoms with E-state index < -0.39 is 0 Å². The highest BCUT2D eigenvalue weighted by Crippen LogP contribution is 2.32. The zero-order valence-corrected chi connectivity index (χ0v) is 17.9. The molecule has 0 radical (unpaired) electrons. The minimum atomic E-state index is 0.0558. The standard InChI is InChI=1S/C23H26N2O3S/c1-15-6-7-16(2)17(11-15)12-22(26)25(14-19-5-4-10-28-19)23-24-20-13-18(27-3)8-9-21(20)29-23/h6-9,11,13,19H,4-5,10,12,14H2,1-3H3. The molecule has 1 fully saturated rings. The van der Waals surface area contributed by atoms with Crippen LogP contribution in [0.3, 0.4) is 0 Å². The highest BCUT2D eigenvalue weighted by atomic mass is 32.1. The van der Waals surface area contributed by atoms with Crippen molar-refractivity contribution in [1.82, 2.24) is 4.98 Å². The number of thiazole rings is 1. The maximum Gasteiger partial charge on any atom is 0.233 e. The van der Waals surface area contributed by atoms with Crippen LogP contribution >= 0.6 is 11.3 Å². The first-order valence-corrected chi connectivity index (χ1v) is 10.8. The van der Waals surface area contributed by atoms with Crippen LogP contribution < -0.4 is 9.64 Å². The van der Waals surface area contributed by atoms with Gasteiger partial charge >= 0.3 is 0 Å². The number of carbonyl (C=O) groups is 1. The summed E-state index contributed by atoms with van der Waals surface area (Å²) in [5.74, 6) is 0.821. The van der Waals surface area contributed by atoms with Crippen LogP contribution in [-0.4, -0.2) is 37.3 Å². The summed E-state index contributed by atoms with van der Waals surface area (Å²) < 4.78 is 12.2. The number of benzene rings is 2. The third-order valence-electron chi connectivity index (χ3n) is 5.37. The third-order valence-corrected chi connectivity index (χ3v) is 6.43. The van der Waals surface area contributed by atoms with E-state index in [0.29, 0.717) is 13.0 Å². The Hall–Kier alpha value is -2.44. The normalized spacial score (nSPS) is 16.3. The maximum atomic E-state index is 13.4. The van der Waals surface area contributed by atoms with E-state index >= 15 is 0 Å². The minimum Gasteiger partial charge on any atom is -0.497 e. The molecule has 0 spiro atoms. The molecule has 152 valence electrons. The number of nitrogens with zero attached hydrogens (tertiary/aromatic N) is 2. The maximum absolute atomic E-state index is 13.4. The predicted octanol–water partition coefficient (Wildman–Crippen LogP) is 4.68. The molecular weight excluding hydrogens is 384 g/mol. The summed E-state index contributed by atoms with van der Waals surface area (Å²) in [6.45, 7) is 5.41. The highest BCUT2D eigenvalue weighted by Gasteiger charge is 2.26. The first-order chi connectivity index (χ1) is 14.0. The fraction of sp³-hybridized carbons (Fsp3) is 0.391. The Bertz CT molecular complexity index is 1020. The van der Waals surface area contributed by atoms with Crippen molar-refractivity contribution in [2.45, 2.75) is 39.2 Å². The van der Waals surface area contributed by atoms with E-state index in [1.54, 1.807) is 7.11 Å². The lowest BCUT2D eigenvalue weighted by molar-refractivity contribution is -0.118. The fourth-order valence-corrected chi connectivity index (χ4v) is 4.64. The zero-order chi connectivity index (χ0) is 20.4. The molecule has 1 atom stereocenters. The average Bonchev–Trinajstić information content (AvgIpc) is 3.37. The van der Waals surface area contributed by atoms with Crippen LogP contribution in [0.4, 0.5) is 5.13 Å². The molecule has 29 heavy (non-hydrogen) atoms. The number of methoxy groups -OCH3 is 1. The number of hydrogen-bond acceptors (Lipinski definition) is 5. The Labute approximate surface area is 175 Å². The second kappa shape index (κ2) is 8.51. The van der Waals surface area contributed by atoms with Gasteiger partial charge in [-0.3, -0.25) is 9.69 Å². The summed E-state index contributed by atoms with van der Waals surface area (Å²) >= 11 is 1.54. The van der Waals surface area contributed by atoms with Crippen LogP contribution in [0.25, 0.3) is 10.2 Å². The Kier molecular flexibility index (Phi) is 5.83. The van der Waals surface area contributed by atoms with E-state index in [2.05, 4.69) is 32.0 Å². The van der Waals surface area contributed by atoms with Crippen LogP contribution in [0.5, 0.6) is 5.75 Å². The van der Waals surface area contributed by atoms with Crippen molar-refractivity contribution in [1.29, 1.82) is 0 Å². The largest absolute Gasteiger partial charge is 0.497 e. The summed E-state index contributed by atoms with van der Waals surface area (Å²) in [6, 6.07) is 12.1. The van der Waals surface area contributed by atoms with Gasteiger partial charge in [0.05, 0.1) is 36.4 Å². The topological polar surface area (TPSA) is 51.7 Å². The molecule has 1 aliphatic rings. The van der Waals surface area contributed by atoms with Gasteiger partial charge in [0.2, 0.25) is 5.91 Å². The Balaban J connectivity index is 1.65. The van der Waals surface area contributed by atoms with Gasteiger partial charge in [-0.1, -0.05) is 35.1 Å². The second-order valence-corrected chi connectivity index (χ2v) is 8.59. The van der Waals surface area contributed by atoms with Gasteiger partial charge in [-0.25, -0.2) is 4.98 Å². The van der Waals surface area contributed by atoms with Crippen LogP contribution in [0.1, 0.15) is 29.5 Å². The van der Waals surface area contributed by atoms with Crippen LogP contribution in [-0.2, 0) is 16.0 Å². The lowest BCUT2D eigenvalue weighted by Gasteiger charge is -2.23. The van der Waals surface area contributed by atoms with Gasteiger partial charge < -0.3 is 9.47 Å². The molecule has 1 aliphatic heterocycles.